The van der Waals surface area contributed by atoms with Crippen molar-refractivity contribution in [3.8, 4) is 0 Å². The van der Waals surface area contributed by atoms with Gasteiger partial charge in [-0.3, -0.25) is 9.52 Å². The van der Waals surface area contributed by atoms with Crippen LogP contribution in [0.1, 0.15) is 32.6 Å². The van der Waals surface area contributed by atoms with Gasteiger partial charge >= 0.3 is 0 Å². The number of carbonyl (C=O) groups excluding carboxylic acids is 1. The number of rotatable bonds is 5. The highest BCUT2D eigenvalue weighted by Gasteiger charge is 2.17. The first-order valence-electron chi connectivity index (χ1n) is 9.24. The molecule has 3 aromatic rings. The highest BCUT2D eigenvalue weighted by molar-refractivity contribution is 7.92. The van der Waals surface area contributed by atoms with Crippen molar-refractivity contribution >= 4 is 27.3 Å². The Labute approximate surface area is 171 Å². The fourth-order valence-corrected chi connectivity index (χ4v) is 4.43. The molecule has 0 aliphatic heterocycles. The zero-order valence-corrected chi connectivity index (χ0v) is 17.7. The topological polar surface area (TPSA) is 75.3 Å². The second-order valence-corrected chi connectivity index (χ2v) is 8.88. The zero-order valence-electron chi connectivity index (χ0n) is 16.9. The summed E-state index contributed by atoms with van der Waals surface area (Å²) in [4.78, 5) is 12.7. The van der Waals surface area contributed by atoms with Gasteiger partial charge in [0.25, 0.3) is 15.9 Å². The van der Waals surface area contributed by atoms with Crippen LogP contribution in [0.3, 0.4) is 0 Å². The quantitative estimate of drug-likeness (QED) is 0.626. The van der Waals surface area contributed by atoms with Gasteiger partial charge in [-0.05, 0) is 80.8 Å². The van der Waals surface area contributed by atoms with E-state index in [9.17, 15) is 13.2 Å². The highest BCUT2D eigenvalue weighted by Crippen LogP contribution is 2.22. The molecule has 150 valence electrons. The van der Waals surface area contributed by atoms with Crippen LogP contribution in [0.25, 0.3) is 0 Å². The minimum Gasteiger partial charge on any atom is -0.322 e. The molecule has 0 saturated heterocycles. The van der Waals surface area contributed by atoms with Crippen molar-refractivity contribution < 1.29 is 13.2 Å². The molecule has 2 N–H and O–H groups in total. The molecule has 0 spiro atoms. The predicted octanol–water partition coefficient (Wildman–Crippen LogP) is 4.97. The van der Waals surface area contributed by atoms with E-state index < -0.39 is 10.0 Å². The molecule has 0 aliphatic rings. The van der Waals surface area contributed by atoms with Crippen molar-refractivity contribution in [1.29, 1.82) is 0 Å². The minimum absolute atomic E-state index is 0.245. The molecule has 0 fully saturated rings. The van der Waals surface area contributed by atoms with E-state index in [4.69, 9.17) is 0 Å². The third-order valence-corrected chi connectivity index (χ3v) is 6.19. The molecule has 3 rings (SSSR count). The number of hydrogen-bond acceptors (Lipinski definition) is 3. The monoisotopic (exact) mass is 408 g/mol. The number of carbonyl (C=O) groups is 1. The fraction of sp³-hybridized carbons (Fsp3) is 0.174. The Balaban J connectivity index is 1.76. The average molecular weight is 409 g/mol. The molecule has 0 aliphatic carbocycles. The second kappa shape index (κ2) is 8.09. The number of benzene rings is 3. The lowest BCUT2D eigenvalue weighted by Crippen LogP contribution is -2.15. The average Bonchev–Trinajstić information content (AvgIpc) is 2.66. The van der Waals surface area contributed by atoms with E-state index in [1.807, 2.05) is 45.0 Å². The summed E-state index contributed by atoms with van der Waals surface area (Å²) in [5.74, 6) is -0.249. The molecular formula is C23H24N2O3S. The zero-order chi connectivity index (χ0) is 21.2. The van der Waals surface area contributed by atoms with Gasteiger partial charge in [0, 0.05) is 16.9 Å². The second-order valence-electron chi connectivity index (χ2n) is 7.22. The van der Waals surface area contributed by atoms with Gasteiger partial charge in [-0.1, -0.05) is 29.8 Å². The summed E-state index contributed by atoms with van der Waals surface area (Å²) in [6, 6.07) is 17.5. The largest absolute Gasteiger partial charge is 0.322 e. The first-order valence-corrected chi connectivity index (χ1v) is 10.7. The van der Waals surface area contributed by atoms with E-state index >= 15 is 0 Å². The molecule has 1 amide bonds. The Kier molecular flexibility index (Phi) is 5.75. The molecule has 0 radical (unpaired) electrons. The van der Waals surface area contributed by atoms with Crippen molar-refractivity contribution in [1.82, 2.24) is 0 Å². The van der Waals surface area contributed by atoms with Crippen LogP contribution >= 0.6 is 0 Å². The van der Waals surface area contributed by atoms with Crippen molar-refractivity contribution in [3.63, 3.8) is 0 Å². The summed E-state index contributed by atoms with van der Waals surface area (Å²) in [5, 5.41) is 2.88. The normalized spacial score (nSPS) is 11.2. The first-order chi connectivity index (χ1) is 13.7. The Bertz CT molecular complexity index is 1170. The summed E-state index contributed by atoms with van der Waals surface area (Å²) < 4.78 is 28.0. The Hall–Kier alpha value is -3.12. The van der Waals surface area contributed by atoms with Gasteiger partial charge in [0.1, 0.15) is 0 Å². The number of hydrogen-bond donors (Lipinski definition) is 2. The van der Waals surface area contributed by atoms with Crippen LogP contribution < -0.4 is 10.0 Å². The van der Waals surface area contributed by atoms with Gasteiger partial charge in [-0.25, -0.2) is 8.42 Å². The molecule has 0 heterocycles. The van der Waals surface area contributed by atoms with E-state index in [1.54, 1.807) is 43.3 Å². The summed E-state index contributed by atoms with van der Waals surface area (Å²) in [6.07, 6.45) is 0. The third-order valence-electron chi connectivity index (χ3n) is 4.66. The highest BCUT2D eigenvalue weighted by atomic mass is 32.2. The molecule has 0 aromatic heterocycles. The molecule has 0 unspecified atom stereocenters. The molecular weight excluding hydrogens is 384 g/mol. The molecule has 0 atom stereocenters. The molecule has 5 nitrogen and oxygen atoms in total. The number of anilines is 2. The van der Waals surface area contributed by atoms with Gasteiger partial charge in [0.15, 0.2) is 0 Å². The number of nitrogens with one attached hydrogen (secondary N) is 2. The van der Waals surface area contributed by atoms with Crippen molar-refractivity contribution in [2.75, 3.05) is 10.0 Å². The van der Waals surface area contributed by atoms with Gasteiger partial charge in [-0.2, -0.15) is 0 Å². The summed E-state index contributed by atoms with van der Waals surface area (Å²) >= 11 is 0. The van der Waals surface area contributed by atoms with Gasteiger partial charge in [0.2, 0.25) is 0 Å². The van der Waals surface area contributed by atoms with Crippen LogP contribution in [-0.2, 0) is 10.0 Å². The first kappa shape index (κ1) is 20.6. The van der Waals surface area contributed by atoms with E-state index in [1.165, 1.54) is 0 Å². The van der Waals surface area contributed by atoms with Crippen LogP contribution in [0.15, 0.2) is 65.6 Å². The SMILES string of the molecule is Cc1ccc(NC(=O)c2ccc(NS(=O)(=O)c3cc(C)ccc3C)cc2)c(C)c1. The predicted molar refractivity (Wildman–Crippen MR) is 117 cm³/mol. The van der Waals surface area contributed by atoms with Crippen molar-refractivity contribution in [2.24, 2.45) is 0 Å². The van der Waals surface area contributed by atoms with Crippen LogP contribution in [0.2, 0.25) is 0 Å². The van der Waals surface area contributed by atoms with E-state index in [0.717, 1.165) is 22.4 Å². The third kappa shape index (κ3) is 4.84. The van der Waals surface area contributed by atoms with Gasteiger partial charge < -0.3 is 5.32 Å². The Morgan fingerprint density at radius 1 is 0.759 bits per heavy atom. The standard InChI is InChI=1S/C23H24N2O3S/c1-15-6-12-21(18(4)13-15)24-23(26)19-8-10-20(11-9-19)25-29(27,28)22-14-16(2)5-7-17(22)3/h5-14,25H,1-4H3,(H,24,26). The summed E-state index contributed by atoms with van der Waals surface area (Å²) in [6.45, 7) is 7.54. The number of aryl methyl sites for hydroxylation is 4. The van der Waals surface area contributed by atoms with E-state index in [0.29, 0.717) is 16.8 Å². The van der Waals surface area contributed by atoms with Crippen molar-refractivity contribution in [2.45, 2.75) is 32.6 Å². The molecule has 3 aromatic carbocycles. The molecule has 0 bridgehead atoms. The summed E-state index contributed by atoms with van der Waals surface area (Å²) in [5.41, 5.74) is 5.24. The lowest BCUT2D eigenvalue weighted by Gasteiger charge is -2.12. The van der Waals surface area contributed by atoms with E-state index in [2.05, 4.69) is 10.0 Å². The van der Waals surface area contributed by atoms with Crippen LogP contribution in [-0.4, -0.2) is 14.3 Å². The van der Waals surface area contributed by atoms with Crippen LogP contribution in [0.4, 0.5) is 11.4 Å². The maximum Gasteiger partial charge on any atom is 0.262 e. The summed E-state index contributed by atoms with van der Waals surface area (Å²) in [7, 11) is -3.71. The molecule has 0 saturated carbocycles. The van der Waals surface area contributed by atoms with Gasteiger partial charge in [0.05, 0.1) is 4.90 Å². The minimum atomic E-state index is -3.71. The fourth-order valence-electron chi connectivity index (χ4n) is 3.04. The molecule has 29 heavy (non-hydrogen) atoms. The van der Waals surface area contributed by atoms with E-state index in [-0.39, 0.29) is 10.8 Å². The van der Waals surface area contributed by atoms with Crippen molar-refractivity contribution in [3.05, 3.63) is 88.5 Å². The Morgan fingerprint density at radius 2 is 1.38 bits per heavy atom. The number of sulfonamides is 1. The smallest absolute Gasteiger partial charge is 0.262 e. The lowest BCUT2D eigenvalue weighted by molar-refractivity contribution is 0.102. The van der Waals surface area contributed by atoms with Crippen LogP contribution in [0, 0.1) is 27.7 Å². The Morgan fingerprint density at radius 3 is 2.03 bits per heavy atom. The maximum atomic E-state index is 12.7. The lowest BCUT2D eigenvalue weighted by atomic mass is 10.1. The number of amides is 1. The maximum absolute atomic E-state index is 12.7. The van der Waals surface area contributed by atoms with Crippen LogP contribution in [0.5, 0.6) is 0 Å². The van der Waals surface area contributed by atoms with Gasteiger partial charge in [-0.15, -0.1) is 0 Å². The molecule has 6 heteroatoms.